The molecule has 0 amide bonds. The molecule has 3 rings (SSSR count). The van der Waals surface area contributed by atoms with Crippen molar-refractivity contribution in [2.45, 2.75) is 36.5 Å². The van der Waals surface area contributed by atoms with Crippen molar-refractivity contribution in [2.75, 3.05) is 6.54 Å². The van der Waals surface area contributed by atoms with Crippen LogP contribution < -0.4 is 5.32 Å². The van der Waals surface area contributed by atoms with Gasteiger partial charge in [0.1, 0.15) is 5.01 Å². The van der Waals surface area contributed by atoms with Crippen LogP contribution in [0, 0.1) is 6.92 Å². The third kappa shape index (κ3) is 3.02. The van der Waals surface area contributed by atoms with Gasteiger partial charge in [0, 0.05) is 27.8 Å². The number of nitrogens with zero attached hydrogens (tertiary/aromatic N) is 1. The van der Waals surface area contributed by atoms with Crippen LogP contribution in [-0.4, -0.2) is 16.8 Å². The largest absolute Gasteiger partial charge is 0.307 e. The predicted molar refractivity (Wildman–Crippen MR) is 83.1 cm³/mol. The van der Waals surface area contributed by atoms with Gasteiger partial charge in [-0.25, -0.2) is 4.98 Å². The number of hydrogen-bond donors (Lipinski definition) is 1. The number of thioether (sulfide) groups is 1. The van der Waals surface area contributed by atoms with E-state index in [0.29, 0.717) is 11.3 Å². The Morgan fingerprint density at radius 3 is 3.00 bits per heavy atom. The fourth-order valence-electron chi connectivity index (χ4n) is 2.34. The van der Waals surface area contributed by atoms with Crippen LogP contribution in [0.15, 0.2) is 35.4 Å². The van der Waals surface area contributed by atoms with Crippen molar-refractivity contribution < 1.29 is 0 Å². The minimum Gasteiger partial charge on any atom is -0.307 e. The maximum Gasteiger partial charge on any atom is 0.109 e. The molecule has 100 valence electrons. The maximum absolute atomic E-state index is 4.45. The van der Waals surface area contributed by atoms with Gasteiger partial charge < -0.3 is 5.32 Å². The van der Waals surface area contributed by atoms with Crippen LogP contribution in [0.1, 0.15) is 28.4 Å². The summed E-state index contributed by atoms with van der Waals surface area (Å²) in [6.45, 7) is 5.35. The van der Waals surface area contributed by atoms with Crippen LogP contribution in [0.4, 0.5) is 0 Å². The summed E-state index contributed by atoms with van der Waals surface area (Å²) in [6, 6.07) is 9.09. The summed E-state index contributed by atoms with van der Waals surface area (Å²) in [5.41, 5.74) is 1.50. The van der Waals surface area contributed by atoms with Gasteiger partial charge in [0.25, 0.3) is 0 Å². The molecule has 0 saturated heterocycles. The Labute approximate surface area is 122 Å². The average Bonchev–Trinajstić information content (AvgIpc) is 3.01. The summed E-state index contributed by atoms with van der Waals surface area (Å²) >= 11 is 3.78. The van der Waals surface area contributed by atoms with Crippen LogP contribution in [0.5, 0.6) is 0 Å². The number of thiazole rings is 1. The van der Waals surface area contributed by atoms with Crippen molar-refractivity contribution in [3.05, 3.63) is 45.9 Å². The molecule has 19 heavy (non-hydrogen) atoms. The van der Waals surface area contributed by atoms with E-state index in [1.165, 1.54) is 26.8 Å². The van der Waals surface area contributed by atoms with E-state index in [4.69, 9.17) is 0 Å². The highest BCUT2D eigenvalue weighted by Gasteiger charge is 2.22. The maximum atomic E-state index is 4.45. The summed E-state index contributed by atoms with van der Waals surface area (Å²) in [5.74, 6) is 0. The van der Waals surface area contributed by atoms with Crippen molar-refractivity contribution in [1.29, 1.82) is 0 Å². The Bertz CT molecular complexity index is 540. The lowest BCUT2D eigenvalue weighted by Crippen LogP contribution is -2.27. The summed E-state index contributed by atoms with van der Waals surface area (Å²) < 4.78 is 0. The van der Waals surface area contributed by atoms with Crippen LogP contribution in [0.25, 0.3) is 0 Å². The first-order chi connectivity index (χ1) is 9.22. The number of nitrogens with one attached hydrogen (secondary N) is 1. The van der Waals surface area contributed by atoms with Gasteiger partial charge in [-0.2, -0.15) is 0 Å². The van der Waals surface area contributed by atoms with Crippen molar-refractivity contribution in [2.24, 2.45) is 0 Å². The van der Waals surface area contributed by atoms with Gasteiger partial charge in [0.15, 0.2) is 0 Å². The second-order valence-corrected chi connectivity index (χ2v) is 7.60. The first kappa shape index (κ1) is 13.2. The van der Waals surface area contributed by atoms with Crippen LogP contribution >= 0.6 is 23.1 Å². The fraction of sp³-hybridized carbons (Fsp3) is 0.400. The molecular weight excluding hydrogens is 272 g/mol. The van der Waals surface area contributed by atoms with Crippen molar-refractivity contribution in [3.63, 3.8) is 0 Å². The lowest BCUT2D eigenvalue weighted by Gasteiger charge is -2.14. The summed E-state index contributed by atoms with van der Waals surface area (Å²) in [5, 5.41) is 5.46. The molecule has 1 aliphatic rings. The van der Waals surface area contributed by atoms with E-state index in [1.54, 1.807) is 11.3 Å². The van der Waals surface area contributed by atoms with E-state index in [1.807, 2.05) is 18.0 Å². The van der Waals surface area contributed by atoms with Crippen LogP contribution in [0.2, 0.25) is 0 Å². The monoisotopic (exact) mass is 290 g/mol. The minimum absolute atomic E-state index is 0.350. The summed E-state index contributed by atoms with van der Waals surface area (Å²) in [7, 11) is 0. The van der Waals surface area contributed by atoms with E-state index in [0.717, 1.165) is 6.54 Å². The summed E-state index contributed by atoms with van der Waals surface area (Å²) in [6.07, 6.45) is 3.13. The Morgan fingerprint density at radius 1 is 1.42 bits per heavy atom. The average molecular weight is 290 g/mol. The quantitative estimate of drug-likeness (QED) is 0.926. The Morgan fingerprint density at radius 2 is 2.26 bits per heavy atom. The molecule has 4 heteroatoms. The summed E-state index contributed by atoms with van der Waals surface area (Å²) in [4.78, 5) is 7.18. The van der Waals surface area contributed by atoms with Gasteiger partial charge in [-0.05, 0) is 31.9 Å². The van der Waals surface area contributed by atoms with Gasteiger partial charge >= 0.3 is 0 Å². The van der Waals surface area contributed by atoms with E-state index in [2.05, 4.69) is 48.4 Å². The zero-order chi connectivity index (χ0) is 13.2. The van der Waals surface area contributed by atoms with E-state index >= 15 is 0 Å². The molecule has 2 atom stereocenters. The molecule has 1 aliphatic heterocycles. The normalized spacial score (nSPS) is 19.4. The van der Waals surface area contributed by atoms with Crippen molar-refractivity contribution >= 4 is 23.1 Å². The second kappa shape index (κ2) is 5.65. The molecule has 2 heterocycles. The number of fused-ring (bicyclic) bond motifs is 1. The molecule has 1 N–H and O–H groups in total. The molecule has 0 spiro atoms. The molecular formula is C15H18N2S2. The van der Waals surface area contributed by atoms with Crippen molar-refractivity contribution in [1.82, 2.24) is 10.3 Å². The number of aromatic nitrogens is 1. The molecule has 0 bridgehead atoms. The van der Waals surface area contributed by atoms with Gasteiger partial charge in [-0.3, -0.25) is 0 Å². The molecule has 2 nitrogen and oxygen atoms in total. The molecule has 1 aromatic heterocycles. The van der Waals surface area contributed by atoms with Gasteiger partial charge in [-0.15, -0.1) is 23.1 Å². The van der Waals surface area contributed by atoms with E-state index in [-0.39, 0.29) is 0 Å². The zero-order valence-electron chi connectivity index (χ0n) is 11.2. The molecule has 0 radical (unpaired) electrons. The molecule has 2 unspecified atom stereocenters. The number of rotatable bonds is 4. The van der Waals surface area contributed by atoms with Gasteiger partial charge in [0.2, 0.25) is 0 Å². The van der Waals surface area contributed by atoms with Gasteiger partial charge in [0.05, 0.1) is 6.04 Å². The highest BCUT2D eigenvalue weighted by molar-refractivity contribution is 8.00. The SMILES string of the molecule is Cc1cnc(C(C)NCC2Cc3ccccc3S2)s1. The number of benzene rings is 1. The first-order valence-electron chi connectivity index (χ1n) is 6.62. The molecule has 0 saturated carbocycles. The topological polar surface area (TPSA) is 24.9 Å². The molecule has 2 aromatic rings. The number of aryl methyl sites for hydroxylation is 1. The fourth-order valence-corrected chi connectivity index (χ4v) is 4.40. The van der Waals surface area contributed by atoms with Crippen LogP contribution in [-0.2, 0) is 6.42 Å². The predicted octanol–water partition coefficient (Wildman–Crippen LogP) is 3.82. The van der Waals surface area contributed by atoms with Crippen LogP contribution in [0.3, 0.4) is 0 Å². The highest BCUT2D eigenvalue weighted by Crippen LogP contribution is 2.36. The second-order valence-electron chi connectivity index (χ2n) is 4.99. The first-order valence-corrected chi connectivity index (χ1v) is 8.32. The third-order valence-electron chi connectivity index (χ3n) is 3.38. The lowest BCUT2D eigenvalue weighted by atomic mass is 10.1. The Balaban J connectivity index is 1.54. The molecule has 1 aromatic carbocycles. The zero-order valence-corrected chi connectivity index (χ0v) is 12.9. The molecule has 0 fully saturated rings. The molecule has 0 aliphatic carbocycles. The van der Waals surface area contributed by atoms with Gasteiger partial charge in [-0.1, -0.05) is 18.2 Å². The smallest absolute Gasteiger partial charge is 0.109 e. The van der Waals surface area contributed by atoms with E-state index in [9.17, 15) is 0 Å². The Hall–Kier alpha value is -0.840. The minimum atomic E-state index is 0.350. The number of hydrogen-bond acceptors (Lipinski definition) is 4. The van der Waals surface area contributed by atoms with Crippen molar-refractivity contribution in [3.8, 4) is 0 Å². The Kier molecular flexibility index (Phi) is 3.91. The highest BCUT2D eigenvalue weighted by atomic mass is 32.2. The standard InChI is InChI=1S/C15H18N2S2/c1-10-8-17-15(18-10)11(2)16-9-13-7-12-5-3-4-6-14(12)19-13/h3-6,8,11,13,16H,7,9H2,1-2H3. The third-order valence-corrected chi connectivity index (χ3v) is 5.79. The van der Waals surface area contributed by atoms with E-state index < -0.39 is 0 Å². The lowest BCUT2D eigenvalue weighted by molar-refractivity contribution is 0.564.